The number of para-hydroxylation sites is 1. The molecule has 2 aromatic rings. The van der Waals surface area contributed by atoms with Crippen LogP contribution in [0.1, 0.15) is 25.7 Å². The molecule has 4 heteroatoms. The van der Waals surface area contributed by atoms with E-state index in [0.29, 0.717) is 6.04 Å². The van der Waals surface area contributed by atoms with Crippen molar-refractivity contribution in [3.8, 4) is 0 Å². The van der Waals surface area contributed by atoms with Crippen molar-refractivity contribution < 1.29 is 0 Å². The lowest BCUT2D eigenvalue weighted by atomic mass is 10.2. The van der Waals surface area contributed by atoms with Gasteiger partial charge in [-0.2, -0.15) is 4.98 Å². The molecule has 0 aliphatic heterocycles. The summed E-state index contributed by atoms with van der Waals surface area (Å²) >= 11 is 0. The summed E-state index contributed by atoms with van der Waals surface area (Å²) in [6.45, 7) is 0. The minimum absolute atomic E-state index is 0.569. The van der Waals surface area contributed by atoms with Gasteiger partial charge < -0.3 is 10.2 Å². The van der Waals surface area contributed by atoms with Gasteiger partial charge >= 0.3 is 0 Å². The van der Waals surface area contributed by atoms with E-state index in [4.69, 9.17) is 0 Å². The van der Waals surface area contributed by atoms with Crippen molar-refractivity contribution in [3.63, 3.8) is 0 Å². The number of aromatic nitrogens is 2. The van der Waals surface area contributed by atoms with E-state index in [9.17, 15) is 0 Å². The Bertz CT molecular complexity index is 549. The molecule has 1 fully saturated rings. The van der Waals surface area contributed by atoms with Gasteiger partial charge in [0.05, 0.1) is 0 Å². The third kappa shape index (κ3) is 2.90. The van der Waals surface area contributed by atoms with Gasteiger partial charge in [-0.15, -0.1) is 0 Å². The van der Waals surface area contributed by atoms with Crippen molar-refractivity contribution in [2.75, 3.05) is 17.3 Å². The van der Waals surface area contributed by atoms with Crippen LogP contribution in [-0.4, -0.2) is 23.1 Å². The van der Waals surface area contributed by atoms with Crippen LogP contribution in [0.2, 0.25) is 0 Å². The summed E-state index contributed by atoms with van der Waals surface area (Å²) in [5, 5.41) is 3.51. The van der Waals surface area contributed by atoms with Gasteiger partial charge in [-0.3, -0.25) is 0 Å². The lowest BCUT2D eigenvalue weighted by Crippen LogP contribution is -2.18. The summed E-state index contributed by atoms with van der Waals surface area (Å²) in [5.41, 5.74) is 1.09. The Morgan fingerprint density at radius 3 is 2.60 bits per heavy atom. The summed E-state index contributed by atoms with van der Waals surface area (Å²) in [6, 6.07) is 12.7. The van der Waals surface area contributed by atoms with Crippen molar-refractivity contribution >= 4 is 17.5 Å². The minimum atomic E-state index is 0.569. The van der Waals surface area contributed by atoms with Crippen LogP contribution in [0.5, 0.6) is 0 Å². The van der Waals surface area contributed by atoms with Gasteiger partial charge in [0.15, 0.2) is 0 Å². The summed E-state index contributed by atoms with van der Waals surface area (Å²) in [7, 11) is 1.99. The molecule has 0 saturated heterocycles. The van der Waals surface area contributed by atoms with Gasteiger partial charge in [-0.25, -0.2) is 4.98 Å². The molecule has 3 rings (SSSR count). The van der Waals surface area contributed by atoms with Crippen molar-refractivity contribution in [1.82, 2.24) is 9.97 Å². The number of nitrogens with one attached hydrogen (secondary N) is 1. The molecule has 20 heavy (non-hydrogen) atoms. The topological polar surface area (TPSA) is 41.1 Å². The maximum atomic E-state index is 4.62. The Morgan fingerprint density at radius 2 is 1.85 bits per heavy atom. The molecule has 0 unspecified atom stereocenters. The predicted molar refractivity (Wildman–Crippen MR) is 82.4 cm³/mol. The summed E-state index contributed by atoms with van der Waals surface area (Å²) in [6.07, 6.45) is 6.94. The van der Waals surface area contributed by atoms with Crippen molar-refractivity contribution in [3.05, 3.63) is 42.6 Å². The average molecular weight is 268 g/mol. The molecule has 1 aliphatic rings. The molecule has 1 heterocycles. The van der Waals surface area contributed by atoms with Crippen LogP contribution in [0.25, 0.3) is 0 Å². The Morgan fingerprint density at radius 1 is 1.10 bits per heavy atom. The molecule has 1 N–H and O–H groups in total. The normalized spacial score (nSPS) is 15.2. The van der Waals surface area contributed by atoms with Gasteiger partial charge in [0.1, 0.15) is 5.82 Å². The second kappa shape index (κ2) is 5.90. The van der Waals surface area contributed by atoms with Crippen LogP contribution < -0.4 is 10.2 Å². The number of rotatable bonds is 4. The summed E-state index contributed by atoms with van der Waals surface area (Å²) in [4.78, 5) is 11.0. The highest BCUT2D eigenvalue weighted by atomic mass is 15.2. The zero-order valence-corrected chi connectivity index (χ0v) is 11.8. The van der Waals surface area contributed by atoms with Gasteiger partial charge in [0, 0.05) is 25.0 Å². The molecule has 1 aliphatic carbocycles. The molecule has 0 radical (unpaired) electrons. The van der Waals surface area contributed by atoms with E-state index in [1.165, 1.54) is 25.7 Å². The SMILES string of the molecule is CN(c1ccccc1)c1nccc(NC2CCCC2)n1. The van der Waals surface area contributed by atoms with E-state index in [2.05, 4.69) is 27.4 Å². The highest BCUT2D eigenvalue weighted by Crippen LogP contribution is 2.23. The maximum Gasteiger partial charge on any atom is 0.231 e. The molecule has 0 atom stereocenters. The number of nitrogens with zero attached hydrogens (tertiary/aromatic N) is 3. The Kier molecular flexibility index (Phi) is 3.81. The first-order valence-corrected chi connectivity index (χ1v) is 7.21. The van der Waals surface area contributed by atoms with Gasteiger partial charge in [0.25, 0.3) is 0 Å². The number of anilines is 3. The van der Waals surface area contributed by atoms with E-state index >= 15 is 0 Å². The van der Waals surface area contributed by atoms with E-state index in [0.717, 1.165) is 17.5 Å². The second-order valence-electron chi connectivity index (χ2n) is 5.26. The van der Waals surface area contributed by atoms with E-state index in [1.807, 2.05) is 42.4 Å². The molecule has 104 valence electrons. The fourth-order valence-corrected chi connectivity index (χ4v) is 2.64. The monoisotopic (exact) mass is 268 g/mol. The molecular weight excluding hydrogens is 248 g/mol. The van der Waals surface area contributed by atoms with Crippen LogP contribution in [0.15, 0.2) is 42.6 Å². The largest absolute Gasteiger partial charge is 0.367 e. The quantitative estimate of drug-likeness (QED) is 0.920. The Hall–Kier alpha value is -2.10. The van der Waals surface area contributed by atoms with Crippen LogP contribution in [0.3, 0.4) is 0 Å². The van der Waals surface area contributed by atoms with Gasteiger partial charge in [-0.1, -0.05) is 31.0 Å². The fraction of sp³-hybridized carbons (Fsp3) is 0.375. The van der Waals surface area contributed by atoms with Gasteiger partial charge in [0.2, 0.25) is 5.95 Å². The van der Waals surface area contributed by atoms with Crippen LogP contribution in [-0.2, 0) is 0 Å². The Balaban J connectivity index is 1.76. The second-order valence-corrected chi connectivity index (χ2v) is 5.26. The smallest absolute Gasteiger partial charge is 0.231 e. The zero-order chi connectivity index (χ0) is 13.8. The first kappa shape index (κ1) is 12.9. The summed E-state index contributed by atoms with van der Waals surface area (Å²) in [5.74, 6) is 1.64. The highest BCUT2D eigenvalue weighted by Gasteiger charge is 2.15. The minimum Gasteiger partial charge on any atom is -0.367 e. The average Bonchev–Trinajstić information content (AvgIpc) is 3.01. The van der Waals surface area contributed by atoms with Gasteiger partial charge in [-0.05, 0) is 31.0 Å². The van der Waals surface area contributed by atoms with Crippen LogP contribution >= 0.6 is 0 Å². The highest BCUT2D eigenvalue weighted by molar-refractivity contribution is 5.57. The lowest BCUT2D eigenvalue weighted by molar-refractivity contribution is 0.749. The molecule has 1 aromatic heterocycles. The van der Waals surface area contributed by atoms with Crippen molar-refractivity contribution in [2.45, 2.75) is 31.7 Å². The maximum absolute atomic E-state index is 4.62. The van der Waals surface area contributed by atoms with Crippen LogP contribution in [0.4, 0.5) is 17.5 Å². The van der Waals surface area contributed by atoms with Crippen LogP contribution in [0, 0.1) is 0 Å². The molecule has 4 nitrogen and oxygen atoms in total. The number of hydrogen-bond acceptors (Lipinski definition) is 4. The number of hydrogen-bond donors (Lipinski definition) is 1. The predicted octanol–water partition coefficient (Wildman–Crippen LogP) is 3.60. The molecular formula is C16H20N4. The van der Waals surface area contributed by atoms with E-state index in [1.54, 1.807) is 0 Å². The lowest BCUT2D eigenvalue weighted by Gasteiger charge is -2.19. The fourth-order valence-electron chi connectivity index (χ4n) is 2.64. The first-order valence-electron chi connectivity index (χ1n) is 7.21. The third-order valence-electron chi connectivity index (χ3n) is 3.79. The molecule has 0 amide bonds. The first-order chi connectivity index (χ1) is 9.83. The van der Waals surface area contributed by atoms with E-state index in [-0.39, 0.29) is 0 Å². The molecule has 1 saturated carbocycles. The molecule has 1 aromatic carbocycles. The number of benzene rings is 1. The van der Waals surface area contributed by atoms with E-state index < -0.39 is 0 Å². The van der Waals surface area contributed by atoms with Crippen molar-refractivity contribution in [1.29, 1.82) is 0 Å². The molecule has 0 bridgehead atoms. The van der Waals surface area contributed by atoms with Crippen molar-refractivity contribution in [2.24, 2.45) is 0 Å². The summed E-state index contributed by atoms with van der Waals surface area (Å²) < 4.78 is 0. The standard InChI is InChI=1S/C16H20N4/c1-20(14-9-3-2-4-10-14)16-17-12-11-15(19-16)18-13-7-5-6-8-13/h2-4,9-13H,5-8H2,1H3,(H,17,18,19). The molecule has 0 spiro atoms. The third-order valence-corrected chi connectivity index (χ3v) is 3.79. The Labute approximate surface area is 119 Å². The zero-order valence-electron chi connectivity index (χ0n) is 11.8.